The van der Waals surface area contributed by atoms with E-state index in [1.165, 1.54) is 13.0 Å². The second-order valence-corrected chi connectivity index (χ2v) is 6.38. The van der Waals surface area contributed by atoms with Crippen LogP contribution < -0.4 is 5.32 Å². The quantitative estimate of drug-likeness (QED) is 0.382. The Labute approximate surface area is 166 Å². The highest BCUT2D eigenvalue weighted by atomic mass is 16.4. The van der Waals surface area contributed by atoms with Gasteiger partial charge in [0.25, 0.3) is 5.91 Å². The number of aliphatic carboxylic acids is 1. The van der Waals surface area contributed by atoms with Gasteiger partial charge in [-0.15, -0.1) is 0 Å². The van der Waals surface area contributed by atoms with Gasteiger partial charge in [0, 0.05) is 33.9 Å². The first kappa shape index (κ1) is 19.6. The van der Waals surface area contributed by atoms with Crippen molar-refractivity contribution in [3.63, 3.8) is 0 Å². The van der Waals surface area contributed by atoms with Crippen LogP contribution in [0.1, 0.15) is 22.8 Å². The number of fused-ring (bicyclic) bond motifs is 1. The van der Waals surface area contributed by atoms with Gasteiger partial charge in [0.1, 0.15) is 18.2 Å². The van der Waals surface area contributed by atoms with Crippen molar-refractivity contribution in [1.29, 1.82) is 5.26 Å². The number of nitriles is 1. The summed E-state index contributed by atoms with van der Waals surface area (Å²) >= 11 is 0. The van der Waals surface area contributed by atoms with Crippen LogP contribution in [0.4, 0.5) is 5.69 Å². The Morgan fingerprint density at radius 2 is 1.83 bits per heavy atom. The Kier molecular flexibility index (Phi) is 5.56. The molecule has 0 aliphatic carbocycles. The van der Waals surface area contributed by atoms with Gasteiger partial charge in [0.2, 0.25) is 0 Å². The van der Waals surface area contributed by atoms with Crippen molar-refractivity contribution in [2.24, 2.45) is 0 Å². The maximum atomic E-state index is 12.5. The minimum Gasteiger partial charge on any atom is -0.480 e. The SMILES string of the molecule is CC(=O)c1ccc(NC(=O)/C(C#N)=C/c2cn(CC(=O)O)c3ccccc23)cc1. The van der Waals surface area contributed by atoms with Crippen molar-refractivity contribution in [2.75, 3.05) is 5.32 Å². The number of Topliss-reactive ketones (excluding diaryl/α,β-unsaturated/α-hetero) is 1. The van der Waals surface area contributed by atoms with Crippen molar-refractivity contribution in [2.45, 2.75) is 13.5 Å². The van der Waals surface area contributed by atoms with E-state index >= 15 is 0 Å². The second-order valence-electron chi connectivity index (χ2n) is 6.38. The number of carbonyl (C=O) groups excluding carboxylic acids is 2. The molecule has 2 aromatic carbocycles. The summed E-state index contributed by atoms with van der Waals surface area (Å²) in [6.07, 6.45) is 3.03. The Morgan fingerprint density at radius 3 is 2.45 bits per heavy atom. The molecule has 144 valence electrons. The van der Waals surface area contributed by atoms with Crippen molar-refractivity contribution < 1.29 is 19.5 Å². The highest BCUT2D eigenvalue weighted by Gasteiger charge is 2.14. The van der Waals surface area contributed by atoms with Gasteiger partial charge in [-0.2, -0.15) is 5.26 Å². The van der Waals surface area contributed by atoms with Gasteiger partial charge < -0.3 is 15.0 Å². The number of anilines is 1. The lowest BCUT2D eigenvalue weighted by Crippen LogP contribution is -2.13. The fourth-order valence-corrected chi connectivity index (χ4v) is 2.96. The van der Waals surface area contributed by atoms with Crippen molar-refractivity contribution in [1.82, 2.24) is 4.57 Å². The number of amides is 1. The number of aromatic nitrogens is 1. The minimum atomic E-state index is -0.992. The molecule has 1 aromatic heterocycles. The van der Waals surface area contributed by atoms with Crippen molar-refractivity contribution in [3.8, 4) is 6.07 Å². The van der Waals surface area contributed by atoms with Gasteiger partial charge in [0.15, 0.2) is 5.78 Å². The fraction of sp³-hybridized carbons (Fsp3) is 0.0909. The van der Waals surface area contributed by atoms with Crippen LogP contribution in [-0.2, 0) is 16.1 Å². The zero-order chi connectivity index (χ0) is 21.0. The summed E-state index contributed by atoms with van der Waals surface area (Å²) in [5.74, 6) is -1.68. The van der Waals surface area contributed by atoms with Crippen LogP contribution in [0.25, 0.3) is 17.0 Å². The molecule has 1 amide bonds. The number of rotatable bonds is 6. The van der Waals surface area contributed by atoms with Gasteiger partial charge in [-0.25, -0.2) is 0 Å². The Balaban J connectivity index is 1.91. The summed E-state index contributed by atoms with van der Waals surface area (Å²) in [7, 11) is 0. The molecule has 0 aliphatic heterocycles. The van der Waals surface area contributed by atoms with Gasteiger partial charge in [-0.05, 0) is 43.3 Å². The molecule has 0 saturated carbocycles. The largest absolute Gasteiger partial charge is 0.480 e. The van der Waals surface area contributed by atoms with E-state index in [9.17, 15) is 19.6 Å². The normalized spacial score (nSPS) is 11.1. The molecule has 0 bridgehead atoms. The standard InChI is InChI=1S/C22H17N3O4/c1-14(26)15-6-8-18(9-7-15)24-22(29)16(11-23)10-17-12-25(13-21(27)28)20-5-3-2-4-19(17)20/h2-10,12H,13H2,1H3,(H,24,29)(H,27,28)/b16-10+. The Morgan fingerprint density at radius 1 is 1.14 bits per heavy atom. The van der Waals surface area contributed by atoms with E-state index < -0.39 is 11.9 Å². The molecule has 0 atom stereocenters. The Bertz CT molecular complexity index is 1180. The number of para-hydroxylation sites is 1. The summed E-state index contributed by atoms with van der Waals surface area (Å²) in [6, 6.07) is 15.4. The summed E-state index contributed by atoms with van der Waals surface area (Å²) in [6.45, 7) is 1.22. The molecule has 0 saturated heterocycles. The zero-order valence-electron chi connectivity index (χ0n) is 15.5. The summed E-state index contributed by atoms with van der Waals surface area (Å²) in [5, 5.41) is 21.9. The maximum Gasteiger partial charge on any atom is 0.323 e. The average Bonchev–Trinajstić information content (AvgIpc) is 3.03. The van der Waals surface area contributed by atoms with E-state index in [4.69, 9.17) is 5.11 Å². The van der Waals surface area contributed by atoms with Crippen molar-refractivity contribution >= 4 is 40.3 Å². The monoisotopic (exact) mass is 387 g/mol. The molecular weight excluding hydrogens is 370 g/mol. The molecule has 7 nitrogen and oxygen atoms in total. The molecule has 0 spiro atoms. The number of carbonyl (C=O) groups is 3. The van der Waals surface area contributed by atoms with Gasteiger partial charge >= 0.3 is 5.97 Å². The molecule has 29 heavy (non-hydrogen) atoms. The number of carboxylic acid groups (broad SMARTS) is 1. The van der Waals surface area contributed by atoms with Gasteiger partial charge in [0.05, 0.1) is 0 Å². The molecule has 0 unspecified atom stereocenters. The maximum absolute atomic E-state index is 12.5. The molecule has 0 fully saturated rings. The predicted molar refractivity (Wildman–Crippen MR) is 108 cm³/mol. The molecule has 3 aromatic rings. The number of hydrogen-bond acceptors (Lipinski definition) is 4. The van der Waals surface area contributed by atoms with Crippen LogP contribution in [0.5, 0.6) is 0 Å². The van der Waals surface area contributed by atoms with Crippen LogP contribution in [0.3, 0.4) is 0 Å². The van der Waals surface area contributed by atoms with E-state index in [-0.39, 0.29) is 17.9 Å². The first-order valence-corrected chi connectivity index (χ1v) is 8.73. The highest BCUT2D eigenvalue weighted by molar-refractivity contribution is 6.11. The third-order valence-electron chi connectivity index (χ3n) is 4.34. The van der Waals surface area contributed by atoms with Crippen LogP contribution >= 0.6 is 0 Å². The molecule has 0 radical (unpaired) electrons. The zero-order valence-corrected chi connectivity index (χ0v) is 15.5. The van der Waals surface area contributed by atoms with E-state index in [1.807, 2.05) is 6.07 Å². The van der Waals surface area contributed by atoms with Crippen LogP contribution in [-0.4, -0.2) is 27.3 Å². The van der Waals surface area contributed by atoms with E-state index in [0.29, 0.717) is 22.3 Å². The first-order chi connectivity index (χ1) is 13.9. The number of ketones is 1. The molecule has 1 heterocycles. The van der Waals surface area contributed by atoms with E-state index in [0.717, 1.165) is 5.39 Å². The summed E-state index contributed by atoms with van der Waals surface area (Å²) < 4.78 is 1.55. The van der Waals surface area contributed by atoms with Crippen LogP contribution in [0, 0.1) is 11.3 Å². The topological polar surface area (TPSA) is 112 Å². The van der Waals surface area contributed by atoms with Gasteiger partial charge in [-0.3, -0.25) is 14.4 Å². The number of nitrogens with one attached hydrogen (secondary N) is 1. The second kappa shape index (κ2) is 8.23. The number of carboxylic acids is 1. The minimum absolute atomic E-state index is 0.0850. The third kappa shape index (κ3) is 4.39. The molecular formula is C22H17N3O4. The first-order valence-electron chi connectivity index (χ1n) is 8.73. The smallest absolute Gasteiger partial charge is 0.323 e. The molecule has 3 rings (SSSR count). The van der Waals surface area contributed by atoms with E-state index in [2.05, 4.69) is 5.32 Å². The number of benzene rings is 2. The fourth-order valence-electron chi connectivity index (χ4n) is 2.96. The lowest BCUT2D eigenvalue weighted by molar-refractivity contribution is -0.137. The molecule has 7 heteroatoms. The lowest BCUT2D eigenvalue weighted by Gasteiger charge is -2.05. The lowest BCUT2D eigenvalue weighted by atomic mass is 10.1. The number of nitrogens with zero attached hydrogens (tertiary/aromatic N) is 2. The predicted octanol–water partition coefficient (Wildman–Crippen LogP) is 3.47. The van der Waals surface area contributed by atoms with Crippen LogP contribution in [0.2, 0.25) is 0 Å². The summed E-state index contributed by atoms with van der Waals surface area (Å²) in [5.41, 5.74) is 2.11. The van der Waals surface area contributed by atoms with Crippen LogP contribution in [0.15, 0.2) is 60.3 Å². The van der Waals surface area contributed by atoms with Gasteiger partial charge in [-0.1, -0.05) is 18.2 Å². The number of hydrogen-bond donors (Lipinski definition) is 2. The van der Waals surface area contributed by atoms with Crippen molar-refractivity contribution in [3.05, 3.63) is 71.4 Å². The summed E-state index contributed by atoms with van der Waals surface area (Å²) in [4.78, 5) is 35.0. The third-order valence-corrected chi connectivity index (χ3v) is 4.34. The highest BCUT2D eigenvalue weighted by Crippen LogP contribution is 2.24. The Hall–Kier alpha value is -4.18. The average molecular weight is 387 g/mol. The molecule has 0 aliphatic rings. The van der Waals surface area contributed by atoms with E-state index in [1.54, 1.807) is 59.3 Å². The molecule has 2 N–H and O–H groups in total.